The van der Waals surface area contributed by atoms with Gasteiger partial charge in [-0.25, -0.2) is 8.42 Å². The average molecular weight is 441 g/mol. The van der Waals surface area contributed by atoms with Gasteiger partial charge in [0.15, 0.2) is 0 Å². The fourth-order valence-corrected chi connectivity index (χ4v) is 4.57. The van der Waals surface area contributed by atoms with Gasteiger partial charge in [-0.3, -0.25) is 0 Å². The van der Waals surface area contributed by atoms with Gasteiger partial charge in [0.2, 0.25) is 0 Å². The second-order valence-corrected chi connectivity index (χ2v) is 8.78. The normalized spacial score (nSPS) is 15.5. The molecule has 0 spiro atoms. The molecule has 1 aliphatic heterocycles. The standard InChI is InChI=1S/C22H30N2O3S.K/c1-2-3-4-5-6-10-16-21-23-19-14-11-15-20(28(25,26)27)22(19)24(21)17-18-12-8-7-9-13-18;/h7-9,11-15,21,23H,2-6,10,16-17H2,1H3,(H,25,26,27);/q;+1/p-1. The van der Waals surface area contributed by atoms with E-state index in [1.165, 1.54) is 38.2 Å². The van der Waals surface area contributed by atoms with Gasteiger partial charge >= 0.3 is 51.4 Å². The number of rotatable bonds is 10. The van der Waals surface area contributed by atoms with Gasteiger partial charge in [-0.1, -0.05) is 75.4 Å². The van der Waals surface area contributed by atoms with Crippen LogP contribution in [-0.2, 0) is 16.7 Å². The Balaban J connectivity index is 0.00000300. The third-order valence-electron chi connectivity index (χ3n) is 5.28. The van der Waals surface area contributed by atoms with E-state index in [4.69, 9.17) is 0 Å². The van der Waals surface area contributed by atoms with Crippen molar-refractivity contribution in [2.45, 2.75) is 69.5 Å². The molecule has 2 aromatic carbocycles. The monoisotopic (exact) mass is 440 g/mol. The number of nitrogens with zero attached hydrogens (tertiary/aromatic N) is 1. The number of anilines is 2. The topological polar surface area (TPSA) is 72.5 Å². The SMILES string of the molecule is CCCCCCCCC1Nc2cccc(S(=O)(=O)[O-])c2N1Cc1ccccc1.[K+]. The van der Waals surface area contributed by atoms with E-state index < -0.39 is 10.1 Å². The number of benzene rings is 2. The molecule has 0 aromatic heterocycles. The zero-order valence-electron chi connectivity index (χ0n) is 17.4. The van der Waals surface area contributed by atoms with Crippen LogP contribution in [0.3, 0.4) is 0 Å². The molecule has 1 N–H and O–H groups in total. The van der Waals surface area contributed by atoms with Crippen LogP contribution in [0.4, 0.5) is 11.4 Å². The summed E-state index contributed by atoms with van der Waals surface area (Å²) < 4.78 is 35.5. The molecule has 1 unspecified atom stereocenters. The summed E-state index contributed by atoms with van der Waals surface area (Å²) in [6.45, 7) is 2.77. The van der Waals surface area contributed by atoms with Gasteiger partial charge in [0.25, 0.3) is 0 Å². The average Bonchev–Trinajstić information content (AvgIpc) is 3.02. The van der Waals surface area contributed by atoms with E-state index in [1.54, 1.807) is 6.07 Å². The first-order valence-corrected chi connectivity index (χ1v) is 11.6. The number of nitrogens with one attached hydrogen (secondary N) is 1. The number of para-hydroxylation sites is 1. The number of hydrogen-bond donors (Lipinski definition) is 1. The van der Waals surface area contributed by atoms with Crippen molar-refractivity contribution < 1.29 is 64.4 Å². The molecule has 2 aromatic rings. The Morgan fingerprint density at radius 2 is 1.66 bits per heavy atom. The van der Waals surface area contributed by atoms with Crippen molar-refractivity contribution in [1.29, 1.82) is 0 Å². The minimum atomic E-state index is -4.54. The molecule has 0 saturated carbocycles. The first kappa shape index (κ1) is 24.9. The van der Waals surface area contributed by atoms with Crippen molar-refractivity contribution in [1.82, 2.24) is 0 Å². The van der Waals surface area contributed by atoms with Crippen molar-refractivity contribution in [3.8, 4) is 0 Å². The largest absolute Gasteiger partial charge is 1.00 e. The van der Waals surface area contributed by atoms with Crippen LogP contribution in [-0.4, -0.2) is 19.1 Å². The van der Waals surface area contributed by atoms with E-state index in [2.05, 4.69) is 12.2 Å². The van der Waals surface area contributed by atoms with Crippen molar-refractivity contribution in [2.75, 3.05) is 10.2 Å². The van der Waals surface area contributed by atoms with Crippen LogP contribution in [0.1, 0.15) is 57.4 Å². The van der Waals surface area contributed by atoms with Gasteiger partial charge in [-0.15, -0.1) is 0 Å². The van der Waals surface area contributed by atoms with Crippen LogP contribution in [0, 0.1) is 0 Å². The molecule has 1 atom stereocenters. The van der Waals surface area contributed by atoms with Crippen LogP contribution in [0.2, 0.25) is 0 Å². The molecule has 5 nitrogen and oxygen atoms in total. The summed E-state index contributed by atoms with van der Waals surface area (Å²) in [5, 5.41) is 3.44. The van der Waals surface area contributed by atoms with E-state index >= 15 is 0 Å². The zero-order valence-corrected chi connectivity index (χ0v) is 21.4. The van der Waals surface area contributed by atoms with E-state index in [1.807, 2.05) is 41.3 Å². The van der Waals surface area contributed by atoms with Crippen molar-refractivity contribution in [2.24, 2.45) is 0 Å². The number of hydrogen-bond acceptors (Lipinski definition) is 5. The molecule has 0 fully saturated rings. The predicted molar refractivity (Wildman–Crippen MR) is 112 cm³/mol. The number of unbranched alkanes of at least 4 members (excludes halogenated alkanes) is 5. The van der Waals surface area contributed by atoms with Crippen LogP contribution < -0.4 is 61.6 Å². The Kier molecular flexibility index (Phi) is 10.1. The molecule has 3 rings (SSSR count). The summed E-state index contributed by atoms with van der Waals surface area (Å²) in [6.07, 6.45) is 8.14. The van der Waals surface area contributed by atoms with E-state index in [9.17, 15) is 13.0 Å². The van der Waals surface area contributed by atoms with Gasteiger partial charge in [0, 0.05) is 6.54 Å². The van der Waals surface area contributed by atoms with Crippen molar-refractivity contribution in [3.05, 3.63) is 54.1 Å². The van der Waals surface area contributed by atoms with Crippen LogP contribution in [0.25, 0.3) is 0 Å². The summed E-state index contributed by atoms with van der Waals surface area (Å²) in [5.41, 5.74) is 2.32. The van der Waals surface area contributed by atoms with E-state index in [0.717, 1.165) is 24.1 Å². The summed E-state index contributed by atoms with van der Waals surface area (Å²) in [5.74, 6) is 0. The maximum absolute atomic E-state index is 11.8. The first-order valence-electron chi connectivity index (χ1n) is 10.2. The molecule has 0 saturated heterocycles. The van der Waals surface area contributed by atoms with Gasteiger partial charge in [0.05, 0.1) is 22.4 Å². The molecule has 0 bridgehead atoms. The maximum atomic E-state index is 11.8. The van der Waals surface area contributed by atoms with Gasteiger partial charge in [0.1, 0.15) is 10.1 Å². The molecule has 1 aliphatic rings. The Hall–Kier alpha value is -0.414. The second kappa shape index (κ2) is 11.8. The van der Waals surface area contributed by atoms with Gasteiger partial charge in [-0.05, 0) is 30.5 Å². The molecule has 0 amide bonds. The predicted octanol–water partition coefficient (Wildman–Crippen LogP) is 2.10. The Morgan fingerprint density at radius 1 is 0.966 bits per heavy atom. The fraction of sp³-hybridized carbons (Fsp3) is 0.455. The van der Waals surface area contributed by atoms with Crippen LogP contribution in [0.5, 0.6) is 0 Å². The summed E-state index contributed by atoms with van der Waals surface area (Å²) >= 11 is 0. The maximum Gasteiger partial charge on any atom is 1.00 e. The molecule has 1 heterocycles. The smallest absolute Gasteiger partial charge is 0.744 e. The molecule has 152 valence electrons. The number of fused-ring (bicyclic) bond motifs is 1. The van der Waals surface area contributed by atoms with E-state index in [0.29, 0.717) is 12.2 Å². The quantitative estimate of drug-likeness (QED) is 0.348. The molecular formula is C22H29KN2O3S. The van der Waals surface area contributed by atoms with Gasteiger partial charge < -0.3 is 14.8 Å². The Bertz CT molecular complexity index is 875. The summed E-state index contributed by atoms with van der Waals surface area (Å²) in [7, 11) is -4.54. The molecule has 0 radical (unpaired) electrons. The fourth-order valence-electron chi connectivity index (χ4n) is 3.87. The minimum absolute atomic E-state index is 0. The van der Waals surface area contributed by atoms with E-state index in [-0.39, 0.29) is 62.4 Å². The van der Waals surface area contributed by atoms with Crippen LogP contribution >= 0.6 is 0 Å². The van der Waals surface area contributed by atoms with Gasteiger partial charge in [-0.2, -0.15) is 0 Å². The second-order valence-electron chi connectivity index (χ2n) is 7.44. The summed E-state index contributed by atoms with van der Waals surface area (Å²) in [6, 6.07) is 14.8. The van der Waals surface area contributed by atoms with Crippen molar-refractivity contribution in [3.63, 3.8) is 0 Å². The Morgan fingerprint density at radius 3 is 2.34 bits per heavy atom. The third kappa shape index (κ3) is 6.79. The molecular weight excluding hydrogens is 411 g/mol. The molecule has 7 heteroatoms. The third-order valence-corrected chi connectivity index (χ3v) is 6.15. The molecule has 29 heavy (non-hydrogen) atoms. The Labute approximate surface area is 217 Å². The van der Waals surface area contributed by atoms with Crippen LogP contribution in [0.15, 0.2) is 53.4 Å². The first-order chi connectivity index (χ1) is 13.5. The summed E-state index contributed by atoms with van der Waals surface area (Å²) in [4.78, 5) is 1.90. The van der Waals surface area contributed by atoms with Crippen molar-refractivity contribution >= 4 is 21.5 Å². The molecule has 0 aliphatic carbocycles. The zero-order chi connectivity index (χ0) is 20.0. The minimum Gasteiger partial charge on any atom is -0.744 e.